The summed E-state index contributed by atoms with van der Waals surface area (Å²) in [5.74, 6) is -0.759. The van der Waals surface area contributed by atoms with Crippen LogP contribution in [0.4, 0.5) is 0 Å². The zero-order chi connectivity index (χ0) is 21.3. The van der Waals surface area contributed by atoms with Gasteiger partial charge in [0.1, 0.15) is 18.9 Å². The molecule has 0 aliphatic rings. The lowest BCUT2D eigenvalue weighted by Crippen LogP contribution is -2.43. The fourth-order valence-corrected chi connectivity index (χ4v) is 2.84. The van der Waals surface area contributed by atoms with Crippen molar-refractivity contribution in [2.24, 2.45) is 5.73 Å². The average molecular weight is 407 g/mol. The van der Waals surface area contributed by atoms with Gasteiger partial charge in [-0.15, -0.1) is 0 Å². The van der Waals surface area contributed by atoms with Crippen molar-refractivity contribution in [2.75, 3.05) is 0 Å². The fraction of sp³-hybridized carbons (Fsp3) is 0.261. The maximum absolute atomic E-state index is 12.7. The topological polar surface area (TPSA) is 107 Å². The first-order chi connectivity index (χ1) is 14.6. The Bertz CT molecular complexity index is 957. The van der Waals surface area contributed by atoms with Gasteiger partial charge in [0.15, 0.2) is 5.69 Å². The molecule has 0 radical (unpaired) electrons. The van der Waals surface area contributed by atoms with Gasteiger partial charge in [-0.05, 0) is 17.5 Å². The first kappa shape index (κ1) is 21.3. The van der Waals surface area contributed by atoms with Gasteiger partial charge in [-0.2, -0.15) is 0 Å². The molecule has 0 saturated heterocycles. The summed E-state index contributed by atoms with van der Waals surface area (Å²) in [5.41, 5.74) is 7.73. The van der Waals surface area contributed by atoms with E-state index in [0.29, 0.717) is 12.8 Å². The smallest absolute Gasteiger partial charge is 0.329 e. The van der Waals surface area contributed by atoms with E-state index < -0.39 is 17.9 Å². The zero-order valence-electron chi connectivity index (χ0n) is 16.8. The average Bonchev–Trinajstić information content (AvgIpc) is 3.28. The third-order valence-electron chi connectivity index (χ3n) is 4.61. The predicted molar refractivity (Wildman–Crippen MR) is 111 cm³/mol. The van der Waals surface area contributed by atoms with E-state index in [9.17, 15) is 9.59 Å². The van der Waals surface area contributed by atoms with Crippen molar-refractivity contribution in [1.82, 2.24) is 10.3 Å². The lowest BCUT2D eigenvalue weighted by molar-refractivity contribution is -0.147. The Kier molecular flexibility index (Phi) is 7.34. The summed E-state index contributed by atoms with van der Waals surface area (Å²) in [6.07, 6.45) is 2.17. The van der Waals surface area contributed by atoms with Crippen LogP contribution in [0.1, 0.15) is 46.9 Å². The monoisotopic (exact) mass is 407 g/mol. The number of hydrogen-bond acceptors (Lipinski definition) is 6. The molecule has 156 valence electrons. The molecule has 3 rings (SSSR count). The standard InChI is InChI=1S/C23H25N3O4/c1-2-18(24)22-26-20(15-29-22)21(27)25-19(13-16-9-5-3-6-10-16)23(28)30-14-17-11-7-4-8-12-17/h3-12,15,18-19H,2,13-14,24H2,1H3,(H,25,27). The number of carbonyl (C=O) groups is 2. The molecule has 0 aliphatic heterocycles. The van der Waals surface area contributed by atoms with Gasteiger partial charge >= 0.3 is 5.97 Å². The van der Waals surface area contributed by atoms with E-state index in [1.54, 1.807) is 0 Å². The van der Waals surface area contributed by atoms with E-state index in [4.69, 9.17) is 14.9 Å². The number of benzene rings is 2. The minimum absolute atomic E-state index is 0.0721. The highest BCUT2D eigenvalue weighted by Gasteiger charge is 2.25. The van der Waals surface area contributed by atoms with Crippen LogP contribution in [0.2, 0.25) is 0 Å². The van der Waals surface area contributed by atoms with E-state index in [1.165, 1.54) is 6.26 Å². The zero-order valence-corrected chi connectivity index (χ0v) is 16.8. The minimum Gasteiger partial charge on any atom is -0.459 e. The Morgan fingerprint density at radius 1 is 1.07 bits per heavy atom. The summed E-state index contributed by atoms with van der Waals surface area (Å²) < 4.78 is 10.7. The normalized spacial score (nSPS) is 12.7. The van der Waals surface area contributed by atoms with Gasteiger partial charge in [0.2, 0.25) is 5.89 Å². The predicted octanol–water partition coefficient (Wildman–Crippen LogP) is 3.17. The molecule has 0 aliphatic carbocycles. The first-order valence-electron chi connectivity index (χ1n) is 9.83. The molecular formula is C23H25N3O4. The maximum atomic E-state index is 12.7. The second-order valence-corrected chi connectivity index (χ2v) is 6.89. The van der Waals surface area contributed by atoms with E-state index in [2.05, 4.69) is 10.3 Å². The number of nitrogens with one attached hydrogen (secondary N) is 1. The third kappa shape index (κ3) is 5.78. The second kappa shape index (κ2) is 10.4. The number of rotatable bonds is 9. The molecule has 1 aromatic heterocycles. The number of nitrogens with two attached hydrogens (primary N) is 1. The summed E-state index contributed by atoms with van der Waals surface area (Å²) in [6.45, 7) is 2.02. The molecule has 7 heteroatoms. The van der Waals surface area contributed by atoms with Crippen molar-refractivity contribution in [2.45, 2.75) is 38.5 Å². The van der Waals surface area contributed by atoms with Crippen LogP contribution in [0.25, 0.3) is 0 Å². The Labute approximate surface area is 175 Å². The minimum atomic E-state index is -0.872. The molecule has 2 aromatic carbocycles. The van der Waals surface area contributed by atoms with Crippen LogP contribution >= 0.6 is 0 Å². The lowest BCUT2D eigenvalue weighted by Gasteiger charge is -2.17. The lowest BCUT2D eigenvalue weighted by atomic mass is 10.1. The van der Waals surface area contributed by atoms with Crippen molar-refractivity contribution in [3.05, 3.63) is 89.6 Å². The number of nitrogens with zero attached hydrogens (tertiary/aromatic N) is 1. The van der Waals surface area contributed by atoms with Crippen LogP contribution in [0.15, 0.2) is 71.3 Å². The Balaban J connectivity index is 1.70. The van der Waals surface area contributed by atoms with E-state index in [-0.39, 0.29) is 24.2 Å². The van der Waals surface area contributed by atoms with E-state index in [1.807, 2.05) is 67.6 Å². The molecule has 2 unspecified atom stereocenters. The van der Waals surface area contributed by atoms with Crippen LogP contribution in [-0.2, 0) is 22.6 Å². The van der Waals surface area contributed by atoms with Crippen LogP contribution in [0.5, 0.6) is 0 Å². The molecule has 0 spiro atoms. The van der Waals surface area contributed by atoms with Crippen LogP contribution < -0.4 is 11.1 Å². The number of hydrogen-bond donors (Lipinski definition) is 2. The summed E-state index contributed by atoms with van der Waals surface area (Å²) in [4.78, 5) is 29.6. The van der Waals surface area contributed by atoms with E-state index >= 15 is 0 Å². The maximum Gasteiger partial charge on any atom is 0.329 e. The van der Waals surface area contributed by atoms with Crippen LogP contribution in [-0.4, -0.2) is 22.9 Å². The van der Waals surface area contributed by atoms with Crippen LogP contribution in [0.3, 0.4) is 0 Å². The molecule has 30 heavy (non-hydrogen) atoms. The molecule has 0 saturated carbocycles. The number of esters is 1. The summed E-state index contributed by atoms with van der Waals surface area (Å²) in [6, 6.07) is 17.5. The van der Waals surface area contributed by atoms with Crippen molar-refractivity contribution < 1.29 is 18.7 Å². The van der Waals surface area contributed by atoms with Gasteiger partial charge in [0.25, 0.3) is 5.91 Å². The van der Waals surface area contributed by atoms with Crippen molar-refractivity contribution >= 4 is 11.9 Å². The number of amides is 1. The largest absolute Gasteiger partial charge is 0.459 e. The number of oxazole rings is 1. The highest BCUT2D eigenvalue weighted by Crippen LogP contribution is 2.14. The van der Waals surface area contributed by atoms with Crippen molar-refractivity contribution in [1.29, 1.82) is 0 Å². The molecule has 2 atom stereocenters. The summed E-state index contributed by atoms with van der Waals surface area (Å²) in [7, 11) is 0. The Morgan fingerprint density at radius 3 is 2.33 bits per heavy atom. The fourth-order valence-electron chi connectivity index (χ4n) is 2.84. The second-order valence-electron chi connectivity index (χ2n) is 6.89. The molecule has 1 heterocycles. The first-order valence-corrected chi connectivity index (χ1v) is 9.83. The van der Waals surface area contributed by atoms with Crippen molar-refractivity contribution in [3.63, 3.8) is 0 Å². The molecule has 3 N–H and O–H groups in total. The van der Waals surface area contributed by atoms with Gasteiger partial charge in [0, 0.05) is 6.42 Å². The Morgan fingerprint density at radius 2 is 1.70 bits per heavy atom. The van der Waals surface area contributed by atoms with Gasteiger partial charge in [-0.1, -0.05) is 67.6 Å². The van der Waals surface area contributed by atoms with Gasteiger partial charge < -0.3 is 20.2 Å². The van der Waals surface area contributed by atoms with Gasteiger partial charge in [-0.25, -0.2) is 9.78 Å². The highest BCUT2D eigenvalue weighted by molar-refractivity contribution is 5.95. The molecule has 1 amide bonds. The number of ether oxygens (including phenoxy) is 1. The van der Waals surface area contributed by atoms with Crippen LogP contribution in [0, 0.1) is 0 Å². The highest BCUT2D eigenvalue weighted by atomic mass is 16.5. The molecule has 0 fully saturated rings. The van der Waals surface area contributed by atoms with Gasteiger partial charge in [-0.3, -0.25) is 4.79 Å². The SMILES string of the molecule is CCC(N)c1nc(C(=O)NC(Cc2ccccc2)C(=O)OCc2ccccc2)co1. The molecular weight excluding hydrogens is 382 g/mol. The summed E-state index contributed by atoms with van der Waals surface area (Å²) in [5, 5.41) is 2.71. The molecule has 7 nitrogen and oxygen atoms in total. The summed E-state index contributed by atoms with van der Waals surface area (Å²) >= 11 is 0. The van der Waals surface area contributed by atoms with Crippen molar-refractivity contribution in [3.8, 4) is 0 Å². The quantitative estimate of drug-likeness (QED) is 0.528. The molecule has 0 bridgehead atoms. The van der Waals surface area contributed by atoms with Gasteiger partial charge in [0.05, 0.1) is 6.04 Å². The third-order valence-corrected chi connectivity index (χ3v) is 4.61. The molecule has 3 aromatic rings. The Hall–Kier alpha value is -3.45. The number of carbonyl (C=O) groups excluding carboxylic acids is 2. The van der Waals surface area contributed by atoms with E-state index in [0.717, 1.165) is 11.1 Å². The number of aromatic nitrogens is 1.